The normalized spacial score (nSPS) is 12.5. The number of carboxylic acid groups (broad SMARTS) is 1. The molecule has 0 bridgehead atoms. The molecule has 1 aliphatic carbocycles. The van der Waals surface area contributed by atoms with E-state index in [2.05, 4.69) is 30.6 Å². The number of carbonyl (C=O) groups excluding carboxylic acids is 9. The first-order chi connectivity index (χ1) is 41.7. The van der Waals surface area contributed by atoms with Gasteiger partial charge in [-0.1, -0.05) is 37.4 Å². The number of hydrogen-bond acceptors (Lipinski definition) is 23. The number of nitrogens with zero attached hydrogens (tertiary/aromatic N) is 4. The number of para-hydroxylation sites is 2. The smallest absolute Gasteiger partial charge is 0.336 e. The Kier molecular flexibility index (Phi) is 23.3. The maximum Gasteiger partial charge on any atom is 0.336 e. The number of esters is 8. The lowest BCUT2D eigenvalue weighted by molar-refractivity contribution is -0.462. The maximum atomic E-state index is 14.4. The number of fused-ring (bicyclic) bond motifs is 2. The van der Waals surface area contributed by atoms with Gasteiger partial charge >= 0.3 is 53.7 Å². The predicted octanol–water partition coefficient (Wildman–Crippen LogP) is 4.51. The molecule has 26 nitrogen and oxygen atoms in total. The van der Waals surface area contributed by atoms with Gasteiger partial charge in [-0.15, -0.1) is 0 Å². The van der Waals surface area contributed by atoms with Gasteiger partial charge in [-0.05, 0) is 87.3 Å². The van der Waals surface area contributed by atoms with Crippen molar-refractivity contribution in [1.29, 1.82) is 0 Å². The van der Waals surface area contributed by atoms with Crippen LogP contribution in [0.25, 0.3) is 5.57 Å². The van der Waals surface area contributed by atoms with E-state index in [4.69, 9.17) is 47.4 Å². The van der Waals surface area contributed by atoms with Crippen molar-refractivity contribution in [2.75, 3.05) is 115 Å². The molecule has 466 valence electrons. The summed E-state index contributed by atoms with van der Waals surface area (Å²) < 4.78 is 53.5. The minimum absolute atomic E-state index is 0.0159. The number of amides is 1. The molecule has 0 aromatic heterocycles. The summed E-state index contributed by atoms with van der Waals surface area (Å²) in [6.45, 7) is 2.71. The Morgan fingerprint density at radius 3 is 1.53 bits per heavy atom. The molecule has 4 aromatic rings. The third kappa shape index (κ3) is 18.3. The molecule has 1 amide bonds. The van der Waals surface area contributed by atoms with E-state index in [9.17, 15) is 53.1 Å². The number of nitrogens with one attached hydrogen (secondary N) is 1. The van der Waals surface area contributed by atoms with Crippen LogP contribution in [0.2, 0.25) is 13.1 Å². The highest BCUT2D eigenvalue weighted by Crippen LogP contribution is 2.43. The monoisotopic (exact) mass is 1230 g/mol. The van der Waals surface area contributed by atoms with Crippen molar-refractivity contribution in [2.24, 2.45) is 0 Å². The lowest BCUT2D eigenvalue weighted by atomic mass is 9.86. The fourth-order valence-electron chi connectivity index (χ4n) is 9.04. The zero-order valence-corrected chi connectivity index (χ0v) is 51.2. The van der Waals surface area contributed by atoms with Crippen LogP contribution < -0.4 is 34.7 Å². The van der Waals surface area contributed by atoms with Gasteiger partial charge in [0.25, 0.3) is 5.91 Å². The van der Waals surface area contributed by atoms with E-state index in [-0.39, 0.29) is 52.9 Å². The molecule has 27 heteroatoms. The fraction of sp³-hybridized carbons (Fsp3) is 0.328. The fourth-order valence-corrected chi connectivity index (χ4v) is 12.1. The lowest BCUT2D eigenvalue weighted by Crippen LogP contribution is -2.49. The first-order valence-electron chi connectivity index (χ1n) is 27.1. The number of anilines is 4. The van der Waals surface area contributed by atoms with E-state index in [1.54, 1.807) is 18.2 Å². The van der Waals surface area contributed by atoms with Gasteiger partial charge in [0.2, 0.25) is 27.2 Å². The van der Waals surface area contributed by atoms with E-state index in [1.165, 1.54) is 47.4 Å². The number of benzene rings is 4. The Labute approximate surface area is 507 Å². The summed E-state index contributed by atoms with van der Waals surface area (Å²) in [7, 11) is 5.41. The molecule has 2 N–H and O–H groups in total. The molecule has 88 heavy (non-hydrogen) atoms. The number of aromatic carboxylic acids is 1. The van der Waals surface area contributed by atoms with Gasteiger partial charge in [-0.3, -0.25) is 43.2 Å². The minimum atomic E-state index is -2.42. The van der Waals surface area contributed by atoms with Crippen molar-refractivity contribution < 1.29 is 105 Å². The van der Waals surface area contributed by atoms with Crippen LogP contribution in [0, 0.1) is 0 Å². The highest BCUT2D eigenvalue weighted by atomic mass is 28.3. The second kappa shape index (κ2) is 30.7. The molecule has 0 spiro atoms. The predicted molar refractivity (Wildman–Crippen MR) is 319 cm³/mol. The summed E-state index contributed by atoms with van der Waals surface area (Å²) in [6.07, 6.45) is 6.17. The number of carboxylic acids is 1. The highest BCUT2D eigenvalue weighted by Gasteiger charge is 2.41. The number of hydrogen-bond donors (Lipinski definition) is 2. The molecule has 6 rings (SSSR count). The number of allylic oxidation sites excluding steroid dienone is 5. The zero-order valence-electron chi connectivity index (χ0n) is 50.2. The quantitative estimate of drug-likeness (QED) is 0.0197. The number of rotatable bonds is 28. The zero-order chi connectivity index (χ0) is 64.4. The van der Waals surface area contributed by atoms with Crippen molar-refractivity contribution in [2.45, 2.75) is 40.8 Å². The van der Waals surface area contributed by atoms with Gasteiger partial charge < -0.3 is 72.5 Å². The summed E-state index contributed by atoms with van der Waals surface area (Å²) in [5.74, 6) is -8.83. The molecule has 0 atom stereocenters. The largest absolute Gasteiger partial charge is 0.488 e. The number of carbonyl (C=O) groups is 10. The molecular formula is C61H68N5O21Si+. The second-order valence-corrected chi connectivity index (χ2v) is 24.7. The Hall–Kier alpha value is -10.3. The topological polar surface area (TPSA) is 308 Å². The van der Waals surface area contributed by atoms with Crippen LogP contribution >= 0.6 is 0 Å². The summed E-state index contributed by atoms with van der Waals surface area (Å²) >= 11 is 0. The Morgan fingerprint density at radius 1 is 0.557 bits per heavy atom. The molecule has 0 radical (unpaired) electrons. The molecule has 0 saturated heterocycles. The molecule has 4 aromatic carbocycles. The van der Waals surface area contributed by atoms with Crippen LogP contribution in [-0.2, 0) is 76.3 Å². The van der Waals surface area contributed by atoms with Gasteiger partial charge in [0.05, 0.1) is 16.9 Å². The Bertz CT molecular complexity index is 3440. The molecule has 0 fully saturated rings. The van der Waals surface area contributed by atoms with Gasteiger partial charge in [0, 0.05) is 76.9 Å². The molecule has 0 unspecified atom stereocenters. The van der Waals surface area contributed by atoms with Crippen molar-refractivity contribution in [3.63, 3.8) is 0 Å². The standard InChI is InChI=1S/C61H67N5O21Si/c1-37(67)80-33-84-55(71)29-65(30-56(72)85-34-81-38(2)68)49-13-11-12-14-51(49)78-23-24-79-52-26-42(16-22-50(52)66(31-57(73)86-35-82-39(3)69)32-58(74)87-36-83-40(4)70)62-60(75)41-15-19-45(48(25-41)61(76)77)59-46-20-17-43(63(5)6)27-53(46)88(9,10)54-28-44(64(7)8)18-21-47(54)59/h11-22,25-28H,23-24,29-36H2,1-10H3,(H-,62,75,76,77)/p+1. The maximum absolute atomic E-state index is 14.4. The van der Waals surface area contributed by atoms with Crippen molar-refractivity contribution in [3.05, 3.63) is 130 Å². The average Bonchev–Trinajstić information content (AvgIpc) is 0.775. The molecular weight excluding hydrogens is 1170 g/mol. The van der Waals surface area contributed by atoms with E-state index in [0.29, 0.717) is 11.1 Å². The Morgan fingerprint density at radius 2 is 1.05 bits per heavy atom. The van der Waals surface area contributed by atoms with Crippen molar-refractivity contribution in [1.82, 2.24) is 0 Å². The van der Waals surface area contributed by atoms with Gasteiger partial charge in [-0.2, -0.15) is 0 Å². The summed E-state index contributed by atoms with van der Waals surface area (Å²) in [5.41, 5.74) is 4.89. The third-order valence-corrected chi connectivity index (χ3v) is 16.8. The average molecular weight is 1240 g/mol. The first-order valence-corrected chi connectivity index (χ1v) is 30.1. The van der Waals surface area contributed by atoms with Gasteiger partial charge in [-0.25, -0.2) is 9.37 Å². The third-order valence-electron chi connectivity index (χ3n) is 13.3. The van der Waals surface area contributed by atoms with Gasteiger partial charge in [0.1, 0.15) is 73.1 Å². The first kappa shape index (κ1) is 66.8. The molecule has 1 aliphatic heterocycles. The minimum Gasteiger partial charge on any atom is -0.488 e. The van der Waals surface area contributed by atoms with Crippen LogP contribution in [0.5, 0.6) is 11.5 Å². The summed E-state index contributed by atoms with van der Waals surface area (Å²) in [4.78, 5) is 130. The van der Waals surface area contributed by atoms with E-state index in [1.807, 2.05) is 62.0 Å². The number of ether oxygens (including phenoxy) is 10. The summed E-state index contributed by atoms with van der Waals surface area (Å²) in [5, 5.41) is 15.9. The molecule has 0 saturated carbocycles. The van der Waals surface area contributed by atoms with Crippen LogP contribution in [-0.4, -0.2) is 178 Å². The van der Waals surface area contributed by atoms with E-state index >= 15 is 0 Å². The van der Waals surface area contributed by atoms with Crippen LogP contribution in [0.3, 0.4) is 0 Å². The molecule has 2 aliphatic rings. The second-order valence-electron chi connectivity index (χ2n) is 20.4. The van der Waals surface area contributed by atoms with E-state index in [0.717, 1.165) is 65.5 Å². The van der Waals surface area contributed by atoms with E-state index < -0.39 is 121 Å². The van der Waals surface area contributed by atoms with Crippen LogP contribution in [0.4, 0.5) is 22.7 Å². The van der Waals surface area contributed by atoms with Gasteiger partial charge in [0.15, 0.2) is 5.71 Å². The highest BCUT2D eigenvalue weighted by molar-refractivity contribution is 6.98. The SMILES string of the molecule is CC(=O)OCOC(=O)CN(CC(=O)OCOC(C)=O)c1ccccc1OCCOc1cc(NC(=O)c2ccc(C3=C4C=CC(=[N+](C)C)C=C4[Si](C)(C)c4cc(N(C)C)ccc43)c(C(=O)O)c2)ccc1N(CC(=O)OCOC(C)=O)CC(=O)OCOC(C)=O. The van der Waals surface area contributed by atoms with Crippen molar-refractivity contribution in [3.8, 4) is 11.5 Å². The van der Waals surface area contributed by atoms with Crippen molar-refractivity contribution >= 4 is 107 Å². The summed E-state index contributed by atoms with van der Waals surface area (Å²) in [6, 6.07) is 20.9. The molecule has 1 heterocycles. The van der Waals surface area contributed by atoms with Crippen LogP contribution in [0.1, 0.15) is 59.5 Å². The Balaban J connectivity index is 1.36. The van der Waals surface area contributed by atoms with Crippen LogP contribution in [0.15, 0.2) is 108 Å². The lowest BCUT2D eigenvalue weighted by Gasteiger charge is -2.38.